The number of carboxylic acids is 1. The van der Waals surface area contributed by atoms with Crippen LogP contribution in [0.25, 0.3) is 0 Å². The summed E-state index contributed by atoms with van der Waals surface area (Å²) in [5.41, 5.74) is -0.113. The average Bonchev–Trinajstić information content (AvgIpc) is 2.37. The Balaban J connectivity index is 2.35. The molecule has 0 amide bonds. The molecule has 1 aromatic rings. The van der Waals surface area contributed by atoms with Crippen LogP contribution in [-0.2, 0) is 4.79 Å². The highest BCUT2D eigenvalue weighted by Crippen LogP contribution is 2.33. The predicted molar refractivity (Wildman–Crippen MR) is 75.7 cm³/mol. The van der Waals surface area contributed by atoms with Crippen molar-refractivity contribution in [2.45, 2.75) is 13.3 Å². The topological polar surface area (TPSA) is 96.6 Å². The molecule has 0 aromatic carbocycles. The van der Waals surface area contributed by atoms with E-state index in [0.717, 1.165) is 0 Å². The Kier molecular flexibility index (Phi) is 4.22. The maximum atomic E-state index is 11.2. The first kappa shape index (κ1) is 14.7. The van der Waals surface area contributed by atoms with Gasteiger partial charge in [0.1, 0.15) is 0 Å². The molecule has 2 atom stereocenters. The molecule has 1 aliphatic heterocycles. The molecule has 1 aliphatic rings. The number of nitro groups is 1. The van der Waals surface area contributed by atoms with Crippen LogP contribution in [0, 0.1) is 22.0 Å². The summed E-state index contributed by atoms with van der Waals surface area (Å²) in [5.74, 6) is -1.02. The number of carboxylic acid groups (broad SMARTS) is 1. The van der Waals surface area contributed by atoms with E-state index in [0.29, 0.717) is 17.4 Å². The number of halogens is 1. The lowest BCUT2D eigenvalue weighted by molar-refractivity contribution is -0.384. The Morgan fingerprint density at radius 2 is 2.30 bits per heavy atom. The van der Waals surface area contributed by atoms with Crippen LogP contribution < -0.4 is 4.90 Å². The van der Waals surface area contributed by atoms with E-state index in [1.165, 1.54) is 12.3 Å². The number of aliphatic carboxylic acids is 1. The number of anilines is 1. The second-order valence-electron chi connectivity index (χ2n) is 5.03. The summed E-state index contributed by atoms with van der Waals surface area (Å²) in [6.07, 6.45) is 2.06. The molecule has 20 heavy (non-hydrogen) atoms. The van der Waals surface area contributed by atoms with Crippen molar-refractivity contribution < 1.29 is 14.8 Å². The van der Waals surface area contributed by atoms with Crippen LogP contribution in [0.5, 0.6) is 0 Å². The van der Waals surface area contributed by atoms with Gasteiger partial charge in [-0.05, 0) is 28.3 Å². The highest BCUT2D eigenvalue weighted by Gasteiger charge is 2.33. The van der Waals surface area contributed by atoms with E-state index in [-0.39, 0.29) is 24.0 Å². The van der Waals surface area contributed by atoms with Crippen LogP contribution in [0.4, 0.5) is 11.5 Å². The lowest BCUT2D eigenvalue weighted by atomic mass is 9.90. The highest BCUT2D eigenvalue weighted by molar-refractivity contribution is 9.10. The van der Waals surface area contributed by atoms with Crippen molar-refractivity contribution in [2.24, 2.45) is 11.8 Å². The largest absolute Gasteiger partial charge is 0.481 e. The normalized spacial score (nSPS) is 22.6. The van der Waals surface area contributed by atoms with Crippen molar-refractivity contribution in [2.75, 3.05) is 18.0 Å². The van der Waals surface area contributed by atoms with E-state index in [1.54, 1.807) is 4.90 Å². The summed E-state index contributed by atoms with van der Waals surface area (Å²) in [5, 5.41) is 20.3. The minimum atomic E-state index is -0.874. The van der Waals surface area contributed by atoms with Crippen LogP contribution in [0.15, 0.2) is 16.7 Å². The molecule has 0 radical (unpaired) electrons. The van der Waals surface area contributed by atoms with E-state index in [1.807, 2.05) is 6.92 Å². The minimum Gasteiger partial charge on any atom is -0.481 e. The molecule has 8 heteroatoms. The Morgan fingerprint density at radius 3 is 2.90 bits per heavy atom. The quantitative estimate of drug-likeness (QED) is 0.668. The minimum absolute atomic E-state index is 0.113. The van der Waals surface area contributed by atoms with E-state index in [9.17, 15) is 14.9 Å². The molecular weight excluding hydrogens is 330 g/mol. The molecule has 1 saturated heterocycles. The highest BCUT2D eigenvalue weighted by atomic mass is 79.9. The van der Waals surface area contributed by atoms with Gasteiger partial charge in [0.2, 0.25) is 5.82 Å². The van der Waals surface area contributed by atoms with E-state index < -0.39 is 16.8 Å². The standard InChI is InChI=1S/C12H14BrN3O4/c1-7-2-8(12(17)18)6-15(5-7)11-10(16(19)20)3-9(13)4-14-11/h3-4,7-8H,2,5-6H2,1H3,(H,17,18). The summed E-state index contributed by atoms with van der Waals surface area (Å²) in [6, 6.07) is 1.39. The second-order valence-corrected chi connectivity index (χ2v) is 5.95. The first-order valence-corrected chi connectivity index (χ1v) is 6.95. The van der Waals surface area contributed by atoms with Gasteiger partial charge in [0.15, 0.2) is 0 Å². The zero-order valence-corrected chi connectivity index (χ0v) is 12.4. The molecule has 0 aliphatic carbocycles. The number of piperidine rings is 1. The first-order chi connectivity index (χ1) is 9.38. The van der Waals surface area contributed by atoms with Crippen molar-refractivity contribution >= 4 is 33.4 Å². The van der Waals surface area contributed by atoms with Crippen LogP contribution in [0.2, 0.25) is 0 Å². The van der Waals surface area contributed by atoms with Gasteiger partial charge in [0.25, 0.3) is 0 Å². The van der Waals surface area contributed by atoms with Crippen LogP contribution in [0.1, 0.15) is 13.3 Å². The van der Waals surface area contributed by atoms with Gasteiger partial charge in [-0.1, -0.05) is 6.92 Å². The first-order valence-electron chi connectivity index (χ1n) is 6.16. The van der Waals surface area contributed by atoms with Crippen molar-refractivity contribution in [3.63, 3.8) is 0 Å². The Hall–Kier alpha value is -1.70. The van der Waals surface area contributed by atoms with E-state index >= 15 is 0 Å². The SMILES string of the molecule is CC1CC(C(=O)O)CN(c2ncc(Br)cc2[N+](=O)[O-])C1. The molecule has 1 aromatic heterocycles. The van der Waals surface area contributed by atoms with Gasteiger partial charge in [-0.2, -0.15) is 0 Å². The number of rotatable bonds is 3. The number of pyridine rings is 1. The van der Waals surface area contributed by atoms with Crippen molar-refractivity contribution in [1.82, 2.24) is 4.98 Å². The predicted octanol–water partition coefficient (Wildman–Crippen LogP) is 2.30. The van der Waals surface area contributed by atoms with Gasteiger partial charge in [-0.25, -0.2) is 4.98 Å². The van der Waals surface area contributed by atoms with Gasteiger partial charge >= 0.3 is 11.7 Å². The van der Waals surface area contributed by atoms with Gasteiger partial charge in [-0.15, -0.1) is 0 Å². The lowest BCUT2D eigenvalue weighted by Crippen LogP contribution is -2.43. The maximum Gasteiger partial charge on any atom is 0.312 e. The molecular formula is C12H14BrN3O4. The van der Waals surface area contributed by atoms with Gasteiger partial charge < -0.3 is 10.0 Å². The molecule has 0 saturated carbocycles. The molecule has 2 unspecified atom stereocenters. The summed E-state index contributed by atoms with van der Waals surface area (Å²) >= 11 is 3.16. The molecule has 0 bridgehead atoms. The van der Waals surface area contributed by atoms with Crippen LogP contribution in [0.3, 0.4) is 0 Å². The van der Waals surface area contributed by atoms with Crippen molar-refractivity contribution in [3.05, 3.63) is 26.9 Å². The number of hydrogen-bond acceptors (Lipinski definition) is 5. The summed E-state index contributed by atoms with van der Waals surface area (Å²) < 4.78 is 0.521. The molecule has 108 valence electrons. The average molecular weight is 344 g/mol. The van der Waals surface area contributed by atoms with E-state index in [4.69, 9.17) is 5.11 Å². The van der Waals surface area contributed by atoms with Crippen molar-refractivity contribution in [3.8, 4) is 0 Å². The third kappa shape index (κ3) is 3.06. The molecule has 1 fully saturated rings. The number of hydrogen-bond donors (Lipinski definition) is 1. The maximum absolute atomic E-state index is 11.2. The van der Waals surface area contributed by atoms with Crippen LogP contribution >= 0.6 is 15.9 Å². The number of carbonyl (C=O) groups is 1. The Bertz CT molecular complexity index is 552. The van der Waals surface area contributed by atoms with Crippen LogP contribution in [-0.4, -0.2) is 34.1 Å². The summed E-state index contributed by atoms with van der Waals surface area (Å²) in [7, 11) is 0. The molecule has 7 nitrogen and oxygen atoms in total. The third-order valence-corrected chi connectivity index (χ3v) is 3.75. The third-order valence-electron chi connectivity index (χ3n) is 3.32. The fourth-order valence-electron chi connectivity index (χ4n) is 2.50. The fraction of sp³-hybridized carbons (Fsp3) is 0.500. The van der Waals surface area contributed by atoms with Gasteiger partial charge in [0.05, 0.1) is 10.8 Å². The Morgan fingerprint density at radius 1 is 1.60 bits per heavy atom. The Labute approximate surface area is 123 Å². The van der Waals surface area contributed by atoms with E-state index in [2.05, 4.69) is 20.9 Å². The molecule has 0 spiro atoms. The van der Waals surface area contributed by atoms with Crippen molar-refractivity contribution in [1.29, 1.82) is 0 Å². The second kappa shape index (κ2) is 5.74. The zero-order chi connectivity index (χ0) is 14.9. The summed E-state index contributed by atoms with van der Waals surface area (Å²) in [6.45, 7) is 2.75. The zero-order valence-electron chi connectivity index (χ0n) is 10.8. The fourth-order valence-corrected chi connectivity index (χ4v) is 2.82. The molecule has 1 N–H and O–H groups in total. The molecule has 2 rings (SSSR count). The lowest BCUT2D eigenvalue weighted by Gasteiger charge is -2.35. The van der Waals surface area contributed by atoms with Gasteiger partial charge in [-0.3, -0.25) is 14.9 Å². The summed E-state index contributed by atoms with van der Waals surface area (Å²) in [4.78, 5) is 27.6. The monoisotopic (exact) mass is 343 g/mol. The van der Waals surface area contributed by atoms with Gasteiger partial charge in [0, 0.05) is 29.8 Å². The number of aromatic nitrogens is 1. The number of nitrogens with zero attached hydrogens (tertiary/aromatic N) is 3. The smallest absolute Gasteiger partial charge is 0.312 e. The molecule has 2 heterocycles.